The lowest BCUT2D eigenvalue weighted by molar-refractivity contribution is 0.0656. The highest BCUT2D eigenvalue weighted by molar-refractivity contribution is 4.70. The van der Waals surface area contributed by atoms with Crippen LogP contribution in [-0.4, -0.2) is 52.6 Å². The third-order valence-electron chi connectivity index (χ3n) is 3.03. The largest absolute Gasteiger partial charge is 0.383 e. The van der Waals surface area contributed by atoms with Crippen LogP contribution in [0.15, 0.2) is 0 Å². The van der Waals surface area contributed by atoms with E-state index < -0.39 is 0 Å². The van der Waals surface area contributed by atoms with Crippen LogP contribution in [0.5, 0.6) is 0 Å². The summed E-state index contributed by atoms with van der Waals surface area (Å²) in [7, 11) is 1.73. The van der Waals surface area contributed by atoms with Crippen molar-refractivity contribution in [3.05, 3.63) is 0 Å². The number of nitrogens with one attached hydrogen (secondary N) is 2. The lowest BCUT2D eigenvalue weighted by Crippen LogP contribution is -2.40. The molecule has 1 atom stereocenters. The Kier molecular flexibility index (Phi) is 7.76. The highest BCUT2D eigenvalue weighted by atomic mass is 16.5. The van der Waals surface area contributed by atoms with Crippen molar-refractivity contribution in [3.63, 3.8) is 0 Å². The van der Waals surface area contributed by atoms with Crippen LogP contribution in [-0.2, 0) is 9.47 Å². The summed E-state index contributed by atoms with van der Waals surface area (Å²) in [5, 5.41) is 6.93. The monoisotopic (exact) mass is 230 g/mol. The molecule has 0 aromatic rings. The molecule has 1 fully saturated rings. The molecule has 96 valence electrons. The number of ether oxygens (including phenoxy) is 2. The van der Waals surface area contributed by atoms with E-state index in [0.29, 0.717) is 6.04 Å². The molecule has 0 radical (unpaired) electrons. The number of methoxy groups -OCH3 is 1. The Balaban J connectivity index is 1.94. The highest BCUT2D eigenvalue weighted by Crippen LogP contribution is 2.13. The van der Waals surface area contributed by atoms with E-state index >= 15 is 0 Å². The zero-order chi connectivity index (χ0) is 11.6. The summed E-state index contributed by atoms with van der Waals surface area (Å²) in [6.45, 7) is 7.94. The second kappa shape index (κ2) is 8.93. The van der Waals surface area contributed by atoms with Gasteiger partial charge in [-0.15, -0.1) is 0 Å². The summed E-state index contributed by atoms with van der Waals surface area (Å²) in [5.74, 6) is 0.801. The molecular formula is C12H26N2O2. The molecule has 0 amide bonds. The molecule has 0 spiro atoms. The van der Waals surface area contributed by atoms with Gasteiger partial charge in [0.2, 0.25) is 0 Å². The molecule has 0 aromatic carbocycles. The summed E-state index contributed by atoms with van der Waals surface area (Å²) in [4.78, 5) is 0. The molecule has 2 N–H and O–H groups in total. The second-order valence-electron chi connectivity index (χ2n) is 4.56. The molecule has 4 nitrogen and oxygen atoms in total. The maximum absolute atomic E-state index is 5.34. The standard InChI is InChI=1S/C12H26N2O2/c1-11(9-13-5-8-15-2)14-10-12-3-6-16-7-4-12/h11-14H,3-10H2,1-2H3. The zero-order valence-corrected chi connectivity index (χ0v) is 10.6. The Morgan fingerprint density at radius 3 is 2.81 bits per heavy atom. The average molecular weight is 230 g/mol. The van der Waals surface area contributed by atoms with Gasteiger partial charge in [0.15, 0.2) is 0 Å². The van der Waals surface area contributed by atoms with Gasteiger partial charge < -0.3 is 20.1 Å². The third kappa shape index (κ3) is 6.43. The Hall–Kier alpha value is -0.160. The maximum atomic E-state index is 5.34. The van der Waals surface area contributed by atoms with Crippen molar-refractivity contribution in [1.29, 1.82) is 0 Å². The van der Waals surface area contributed by atoms with Gasteiger partial charge in [-0.05, 0) is 32.2 Å². The normalized spacial score (nSPS) is 19.9. The molecule has 1 saturated heterocycles. The van der Waals surface area contributed by atoms with Gasteiger partial charge in [0.05, 0.1) is 6.61 Å². The molecule has 1 heterocycles. The fraction of sp³-hybridized carbons (Fsp3) is 1.00. The van der Waals surface area contributed by atoms with Crippen molar-refractivity contribution >= 4 is 0 Å². The number of hydrogen-bond donors (Lipinski definition) is 2. The molecule has 4 heteroatoms. The molecule has 1 aliphatic rings. The van der Waals surface area contributed by atoms with Gasteiger partial charge in [0.25, 0.3) is 0 Å². The van der Waals surface area contributed by atoms with Gasteiger partial charge in [0.1, 0.15) is 0 Å². The third-order valence-corrected chi connectivity index (χ3v) is 3.03. The fourth-order valence-corrected chi connectivity index (χ4v) is 1.88. The minimum Gasteiger partial charge on any atom is -0.383 e. The van der Waals surface area contributed by atoms with Crippen molar-refractivity contribution in [2.45, 2.75) is 25.8 Å². The summed E-state index contributed by atoms with van der Waals surface area (Å²) >= 11 is 0. The first kappa shape index (κ1) is 13.9. The first-order chi connectivity index (χ1) is 7.83. The molecule has 16 heavy (non-hydrogen) atoms. The van der Waals surface area contributed by atoms with Crippen LogP contribution in [0, 0.1) is 5.92 Å². The summed E-state index contributed by atoms with van der Waals surface area (Å²) < 4.78 is 10.3. The van der Waals surface area contributed by atoms with Crippen molar-refractivity contribution < 1.29 is 9.47 Å². The Bertz CT molecular complexity index is 161. The fourth-order valence-electron chi connectivity index (χ4n) is 1.88. The van der Waals surface area contributed by atoms with Crippen molar-refractivity contribution in [3.8, 4) is 0 Å². The van der Waals surface area contributed by atoms with Crippen molar-refractivity contribution in [2.75, 3.05) is 46.6 Å². The van der Waals surface area contributed by atoms with Crippen LogP contribution in [0.25, 0.3) is 0 Å². The van der Waals surface area contributed by atoms with E-state index in [1.165, 1.54) is 12.8 Å². The summed E-state index contributed by atoms with van der Waals surface area (Å²) in [6.07, 6.45) is 2.41. The highest BCUT2D eigenvalue weighted by Gasteiger charge is 2.14. The Morgan fingerprint density at radius 2 is 2.12 bits per heavy atom. The molecule has 0 aliphatic carbocycles. The SMILES string of the molecule is COCCNCC(C)NCC1CCOCC1. The van der Waals surface area contributed by atoms with Crippen molar-refractivity contribution in [1.82, 2.24) is 10.6 Å². The maximum Gasteiger partial charge on any atom is 0.0587 e. The predicted molar refractivity (Wildman–Crippen MR) is 65.8 cm³/mol. The van der Waals surface area contributed by atoms with Gasteiger partial charge >= 0.3 is 0 Å². The quantitative estimate of drug-likeness (QED) is 0.600. The van der Waals surface area contributed by atoms with Crippen LogP contribution in [0.1, 0.15) is 19.8 Å². The van der Waals surface area contributed by atoms with E-state index in [2.05, 4.69) is 17.6 Å². The first-order valence-electron chi connectivity index (χ1n) is 6.33. The van der Waals surface area contributed by atoms with Crippen LogP contribution in [0.3, 0.4) is 0 Å². The van der Waals surface area contributed by atoms with Crippen LogP contribution in [0.4, 0.5) is 0 Å². The van der Waals surface area contributed by atoms with E-state index in [4.69, 9.17) is 9.47 Å². The smallest absolute Gasteiger partial charge is 0.0587 e. The van der Waals surface area contributed by atoms with Crippen LogP contribution < -0.4 is 10.6 Å². The van der Waals surface area contributed by atoms with E-state index in [-0.39, 0.29) is 0 Å². The van der Waals surface area contributed by atoms with E-state index in [9.17, 15) is 0 Å². The number of hydrogen-bond acceptors (Lipinski definition) is 4. The second-order valence-corrected chi connectivity index (χ2v) is 4.56. The molecular weight excluding hydrogens is 204 g/mol. The number of rotatable bonds is 8. The summed E-state index contributed by atoms with van der Waals surface area (Å²) in [6, 6.07) is 0.528. The van der Waals surface area contributed by atoms with Crippen LogP contribution in [0.2, 0.25) is 0 Å². The van der Waals surface area contributed by atoms with Gasteiger partial charge in [0, 0.05) is 39.5 Å². The topological polar surface area (TPSA) is 42.5 Å². The zero-order valence-electron chi connectivity index (χ0n) is 10.6. The molecule has 0 saturated carbocycles. The predicted octanol–water partition coefficient (Wildman–Crippen LogP) is 0.627. The first-order valence-corrected chi connectivity index (χ1v) is 6.33. The van der Waals surface area contributed by atoms with Crippen LogP contribution >= 0.6 is 0 Å². The Labute approximate surface area is 99.1 Å². The summed E-state index contributed by atoms with van der Waals surface area (Å²) in [5.41, 5.74) is 0. The Morgan fingerprint density at radius 1 is 1.38 bits per heavy atom. The molecule has 1 aliphatic heterocycles. The van der Waals surface area contributed by atoms with E-state index in [1.54, 1.807) is 7.11 Å². The van der Waals surface area contributed by atoms with Gasteiger partial charge in [-0.3, -0.25) is 0 Å². The lowest BCUT2D eigenvalue weighted by Gasteiger charge is -2.24. The lowest BCUT2D eigenvalue weighted by atomic mass is 10.0. The molecule has 1 rings (SSSR count). The molecule has 1 unspecified atom stereocenters. The average Bonchev–Trinajstić information content (AvgIpc) is 2.33. The van der Waals surface area contributed by atoms with Gasteiger partial charge in [-0.1, -0.05) is 0 Å². The molecule has 0 bridgehead atoms. The van der Waals surface area contributed by atoms with E-state index in [1.807, 2.05) is 0 Å². The van der Waals surface area contributed by atoms with Crippen molar-refractivity contribution in [2.24, 2.45) is 5.92 Å². The molecule has 0 aromatic heterocycles. The minimum absolute atomic E-state index is 0.528. The van der Waals surface area contributed by atoms with Gasteiger partial charge in [-0.25, -0.2) is 0 Å². The minimum atomic E-state index is 0.528. The van der Waals surface area contributed by atoms with E-state index in [0.717, 1.165) is 45.4 Å². The van der Waals surface area contributed by atoms with Gasteiger partial charge in [-0.2, -0.15) is 0 Å².